The lowest BCUT2D eigenvalue weighted by Gasteiger charge is -2.40. The number of benzene rings is 1. The Morgan fingerprint density at radius 1 is 1.05 bits per heavy atom. The number of carbonyl (C=O) groups excluding carboxylic acids is 1. The first-order valence-corrected chi connectivity index (χ1v) is 7.33. The molecule has 0 aromatic heterocycles. The molecular weight excluding hydrogens is 254 g/mol. The molecule has 2 heterocycles. The lowest BCUT2D eigenvalue weighted by Crippen LogP contribution is -2.47. The minimum Gasteiger partial charge on any atom is -0.348 e. The summed E-state index contributed by atoms with van der Waals surface area (Å²) in [5, 5.41) is 0. The Morgan fingerprint density at radius 3 is 2.40 bits per heavy atom. The summed E-state index contributed by atoms with van der Waals surface area (Å²) in [7, 11) is 1.88. The number of likely N-dealkylation sites (N-methyl/N-ethyl adjacent to an activating group) is 1. The minimum absolute atomic E-state index is 0.228. The van der Waals surface area contributed by atoms with Crippen molar-refractivity contribution in [2.45, 2.75) is 36.9 Å². The van der Waals surface area contributed by atoms with E-state index in [4.69, 9.17) is 9.47 Å². The molecule has 1 saturated heterocycles. The number of hydrogen-bond acceptors (Lipinski definition) is 3. The van der Waals surface area contributed by atoms with E-state index in [0.29, 0.717) is 13.2 Å². The van der Waals surface area contributed by atoms with Gasteiger partial charge in [-0.25, -0.2) is 0 Å². The number of rotatable bonds is 0. The van der Waals surface area contributed by atoms with E-state index < -0.39 is 5.79 Å². The fraction of sp³-hybridized carbons (Fsp3) is 0.562. The Bertz CT molecular complexity index is 553. The summed E-state index contributed by atoms with van der Waals surface area (Å²) in [5.41, 5.74) is 1.88. The summed E-state index contributed by atoms with van der Waals surface area (Å²) in [6.45, 7) is 1.36. The second-order valence-electron chi connectivity index (χ2n) is 6.07. The van der Waals surface area contributed by atoms with Crippen molar-refractivity contribution in [2.24, 2.45) is 0 Å². The Hall–Kier alpha value is -1.39. The second kappa shape index (κ2) is 4.06. The number of amides is 1. The van der Waals surface area contributed by atoms with Crippen LogP contribution in [-0.4, -0.2) is 32.0 Å². The Labute approximate surface area is 118 Å². The molecule has 4 nitrogen and oxygen atoms in total. The van der Waals surface area contributed by atoms with Crippen molar-refractivity contribution in [2.75, 3.05) is 25.2 Å². The highest BCUT2D eigenvalue weighted by Crippen LogP contribution is 2.52. The number of hydrogen-bond donors (Lipinski definition) is 0. The maximum Gasteiger partial charge on any atom is 0.237 e. The van der Waals surface area contributed by atoms with Crippen LogP contribution in [0.25, 0.3) is 0 Å². The van der Waals surface area contributed by atoms with Gasteiger partial charge >= 0.3 is 0 Å². The van der Waals surface area contributed by atoms with Crippen LogP contribution in [0, 0.1) is 0 Å². The monoisotopic (exact) mass is 273 g/mol. The third kappa shape index (κ3) is 1.46. The molecule has 0 atom stereocenters. The van der Waals surface area contributed by atoms with Gasteiger partial charge in [-0.3, -0.25) is 4.79 Å². The van der Waals surface area contributed by atoms with Crippen LogP contribution in [0.4, 0.5) is 5.69 Å². The van der Waals surface area contributed by atoms with Crippen molar-refractivity contribution in [3.05, 3.63) is 29.8 Å². The van der Waals surface area contributed by atoms with Crippen LogP contribution >= 0.6 is 0 Å². The van der Waals surface area contributed by atoms with E-state index in [0.717, 1.165) is 31.4 Å². The minimum atomic E-state index is -0.415. The zero-order chi connectivity index (χ0) is 13.8. The molecule has 2 spiro atoms. The van der Waals surface area contributed by atoms with E-state index in [9.17, 15) is 4.79 Å². The molecule has 0 radical (unpaired) electrons. The molecule has 0 bridgehead atoms. The molecule has 1 saturated carbocycles. The van der Waals surface area contributed by atoms with E-state index in [2.05, 4.69) is 6.07 Å². The molecule has 0 unspecified atom stereocenters. The van der Waals surface area contributed by atoms with Gasteiger partial charge in [0.25, 0.3) is 0 Å². The van der Waals surface area contributed by atoms with E-state index in [-0.39, 0.29) is 11.3 Å². The molecule has 1 aliphatic carbocycles. The van der Waals surface area contributed by atoms with Crippen molar-refractivity contribution in [1.29, 1.82) is 0 Å². The van der Waals surface area contributed by atoms with Crippen molar-refractivity contribution in [1.82, 2.24) is 0 Å². The average Bonchev–Trinajstić information content (AvgIpc) is 3.02. The first kappa shape index (κ1) is 12.4. The molecule has 4 rings (SSSR count). The summed E-state index contributed by atoms with van der Waals surface area (Å²) in [5.74, 6) is -0.187. The lowest BCUT2D eigenvalue weighted by atomic mass is 9.68. The summed E-state index contributed by atoms with van der Waals surface area (Å²) in [6, 6.07) is 8.16. The van der Waals surface area contributed by atoms with Crippen molar-refractivity contribution in [3.63, 3.8) is 0 Å². The van der Waals surface area contributed by atoms with E-state index in [1.807, 2.05) is 30.1 Å². The van der Waals surface area contributed by atoms with Gasteiger partial charge in [-0.05, 0) is 24.5 Å². The van der Waals surface area contributed by atoms with Crippen LogP contribution < -0.4 is 4.90 Å². The zero-order valence-electron chi connectivity index (χ0n) is 11.7. The summed E-state index contributed by atoms with van der Waals surface area (Å²) in [6.07, 6.45) is 3.24. The van der Waals surface area contributed by atoms with Crippen LogP contribution in [0.5, 0.6) is 0 Å². The number of para-hydroxylation sites is 1. The van der Waals surface area contributed by atoms with Crippen molar-refractivity contribution in [3.8, 4) is 0 Å². The van der Waals surface area contributed by atoms with E-state index in [1.165, 1.54) is 5.56 Å². The molecule has 1 amide bonds. The van der Waals surface area contributed by atoms with Crippen molar-refractivity contribution < 1.29 is 14.3 Å². The summed E-state index contributed by atoms with van der Waals surface area (Å²) < 4.78 is 11.6. The maximum atomic E-state index is 12.8. The third-order valence-electron chi connectivity index (χ3n) is 5.17. The molecule has 106 valence electrons. The number of anilines is 1. The van der Waals surface area contributed by atoms with Gasteiger partial charge in [-0.15, -0.1) is 0 Å². The maximum absolute atomic E-state index is 12.8. The van der Waals surface area contributed by atoms with Gasteiger partial charge in [0.15, 0.2) is 5.79 Å². The third-order valence-corrected chi connectivity index (χ3v) is 5.17. The van der Waals surface area contributed by atoms with Gasteiger partial charge in [-0.2, -0.15) is 0 Å². The van der Waals surface area contributed by atoms with Gasteiger partial charge < -0.3 is 14.4 Å². The van der Waals surface area contributed by atoms with Crippen LogP contribution in [-0.2, 0) is 19.7 Å². The van der Waals surface area contributed by atoms with Crippen LogP contribution in [0.3, 0.4) is 0 Å². The van der Waals surface area contributed by atoms with Crippen molar-refractivity contribution >= 4 is 11.6 Å². The van der Waals surface area contributed by atoms with E-state index in [1.54, 1.807) is 0 Å². The molecular formula is C16H19NO3. The highest BCUT2D eigenvalue weighted by atomic mass is 16.7. The number of fused-ring (bicyclic) bond motifs is 2. The molecule has 4 heteroatoms. The van der Waals surface area contributed by atoms with Gasteiger partial charge in [-0.1, -0.05) is 18.2 Å². The van der Waals surface area contributed by atoms with Gasteiger partial charge in [0.2, 0.25) is 5.91 Å². The van der Waals surface area contributed by atoms with Gasteiger partial charge in [0, 0.05) is 25.6 Å². The number of ether oxygens (including phenoxy) is 2. The van der Waals surface area contributed by atoms with Crippen LogP contribution in [0.2, 0.25) is 0 Å². The first-order valence-electron chi connectivity index (χ1n) is 7.33. The molecule has 1 aromatic carbocycles. The topological polar surface area (TPSA) is 38.8 Å². The molecule has 3 aliphatic rings. The summed E-state index contributed by atoms with van der Waals surface area (Å²) >= 11 is 0. The normalized spacial score (nSPS) is 26.4. The predicted octanol–water partition coefficient (Wildman–Crippen LogP) is 2.22. The highest BCUT2D eigenvalue weighted by molar-refractivity contribution is 6.07. The van der Waals surface area contributed by atoms with E-state index >= 15 is 0 Å². The Morgan fingerprint density at radius 2 is 1.70 bits per heavy atom. The molecule has 0 N–H and O–H groups in total. The fourth-order valence-corrected chi connectivity index (χ4v) is 4.04. The van der Waals surface area contributed by atoms with Crippen LogP contribution in [0.15, 0.2) is 24.3 Å². The first-order chi connectivity index (χ1) is 9.67. The molecule has 2 fully saturated rings. The average molecular weight is 273 g/mol. The molecule has 2 aliphatic heterocycles. The number of carbonyl (C=O) groups is 1. The largest absolute Gasteiger partial charge is 0.348 e. The molecule has 20 heavy (non-hydrogen) atoms. The van der Waals surface area contributed by atoms with Crippen LogP contribution in [0.1, 0.15) is 31.2 Å². The summed E-state index contributed by atoms with van der Waals surface area (Å²) in [4.78, 5) is 14.6. The molecule has 1 aromatic rings. The predicted molar refractivity (Wildman–Crippen MR) is 74.6 cm³/mol. The number of nitrogens with zero attached hydrogens (tertiary/aromatic N) is 1. The fourth-order valence-electron chi connectivity index (χ4n) is 4.04. The van der Waals surface area contributed by atoms with Gasteiger partial charge in [0.1, 0.15) is 0 Å². The highest BCUT2D eigenvalue weighted by Gasteiger charge is 2.55. The standard InChI is InChI=1S/C16H19NO3/c1-17-13-5-3-2-4-12(13)15(14(17)18)6-8-16(9-7-15)19-10-11-20-16/h2-5H,6-11H2,1H3. The Kier molecular flexibility index (Phi) is 2.51. The SMILES string of the molecule is CN1C(=O)C2(CCC3(CC2)OCCO3)c2ccccc21. The lowest BCUT2D eigenvalue weighted by molar-refractivity contribution is -0.185. The Balaban J connectivity index is 1.70. The second-order valence-corrected chi connectivity index (χ2v) is 6.07. The quantitative estimate of drug-likeness (QED) is 0.727. The smallest absolute Gasteiger partial charge is 0.237 e. The van der Waals surface area contributed by atoms with Gasteiger partial charge in [0.05, 0.1) is 18.6 Å². The zero-order valence-corrected chi connectivity index (χ0v) is 11.7.